The summed E-state index contributed by atoms with van der Waals surface area (Å²) in [4.78, 5) is 14.5. The lowest BCUT2D eigenvalue weighted by Gasteiger charge is -2.03. The molecule has 1 aliphatic carbocycles. The number of H-pyrrole nitrogens is 1. The van der Waals surface area contributed by atoms with Crippen molar-refractivity contribution >= 4 is 12.2 Å². The number of nitro groups is 1. The van der Waals surface area contributed by atoms with E-state index in [0.29, 0.717) is 0 Å². The molecule has 0 spiro atoms. The summed E-state index contributed by atoms with van der Waals surface area (Å²) >= 11 is 0. The van der Waals surface area contributed by atoms with Crippen LogP contribution >= 0.6 is 0 Å². The molecule has 0 radical (unpaired) electrons. The fraction of sp³-hybridized carbons (Fsp3) is 0. The van der Waals surface area contributed by atoms with Gasteiger partial charge in [0.2, 0.25) is 0 Å². The molecule has 4 rings (SSSR count). The summed E-state index contributed by atoms with van der Waals surface area (Å²) in [5, 5.41) is 11.4. The van der Waals surface area contributed by atoms with E-state index < -0.39 is 0 Å². The van der Waals surface area contributed by atoms with Gasteiger partial charge in [0.05, 0.1) is 16.3 Å². The monoisotopic (exact) mass is 340 g/mol. The predicted octanol–water partition coefficient (Wildman–Crippen LogP) is 5.55. The number of allylic oxidation sites excluding steroid dienone is 3. The summed E-state index contributed by atoms with van der Waals surface area (Å²) in [5.41, 5.74) is 5.68. The van der Waals surface area contributed by atoms with Gasteiger partial charge in [-0.25, -0.2) is 0 Å². The van der Waals surface area contributed by atoms with Crippen LogP contribution in [0.3, 0.4) is 0 Å². The minimum absolute atomic E-state index is 0.0615. The molecule has 1 aliphatic rings. The van der Waals surface area contributed by atoms with Gasteiger partial charge in [0.25, 0.3) is 5.70 Å². The second-order valence-corrected chi connectivity index (χ2v) is 5.98. The topological polar surface area (TPSA) is 58.9 Å². The van der Waals surface area contributed by atoms with Crippen LogP contribution in [0.5, 0.6) is 0 Å². The van der Waals surface area contributed by atoms with Crippen LogP contribution in [-0.4, -0.2) is 9.91 Å². The molecular weight excluding hydrogens is 324 g/mol. The quantitative estimate of drug-likeness (QED) is 0.502. The summed E-state index contributed by atoms with van der Waals surface area (Å²) in [7, 11) is 0. The normalized spacial score (nSPS) is 12.8. The van der Waals surface area contributed by atoms with Gasteiger partial charge < -0.3 is 4.98 Å². The SMILES string of the molecule is O=[N+]([O-])C1=Cc2c(-c3ccccc3)[nH]c(-c3ccccc3)c2C=CC=C1. The number of benzene rings is 2. The van der Waals surface area contributed by atoms with Crippen molar-refractivity contribution in [2.45, 2.75) is 0 Å². The van der Waals surface area contributed by atoms with Gasteiger partial charge in [0.1, 0.15) is 0 Å². The first kappa shape index (κ1) is 15.8. The Bertz CT molecular complexity index is 1040. The Morgan fingerprint density at radius 1 is 0.731 bits per heavy atom. The van der Waals surface area contributed by atoms with Crippen LogP contribution in [0.2, 0.25) is 0 Å². The standard InChI is InChI=1S/C22H16N2O2/c25-24(26)18-13-7-8-14-19-20(15-18)22(17-11-5-2-6-12-17)23-21(19)16-9-3-1-4-10-16/h1-15,23H. The molecular formula is C22H16N2O2. The highest BCUT2D eigenvalue weighted by molar-refractivity contribution is 5.89. The highest BCUT2D eigenvalue weighted by atomic mass is 16.6. The molecule has 0 atom stereocenters. The largest absolute Gasteiger partial charge is 0.354 e. The van der Waals surface area contributed by atoms with Gasteiger partial charge in [0.15, 0.2) is 0 Å². The maximum atomic E-state index is 11.4. The number of rotatable bonds is 3. The molecule has 1 heterocycles. The number of nitrogens with one attached hydrogen (secondary N) is 1. The molecule has 0 amide bonds. The molecule has 0 saturated heterocycles. The van der Waals surface area contributed by atoms with Gasteiger partial charge >= 0.3 is 0 Å². The molecule has 2 aromatic carbocycles. The van der Waals surface area contributed by atoms with Crippen molar-refractivity contribution in [1.82, 2.24) is 4.98 Å². The summed E-state index contributed by atoms with van der Waals surface area (Å²) in [6, 6.07) is 19.9. The lowest BCUT2D eigenvalue weighted by Crippen LogP contribution is -1.96. The Labute approximate surface area is 151 Å². The number of aromatic nitrogens is 1. The number of hydrogen-bond donors (Lipinski definition) is 1. The summed E-state index contributed by atoms with van der Waals surface area (Å²) in [6.45, 7) is 0. The predicted molar refractivity (Wildman–Crippen MR) is 105 cm³/mol. The molecule has 0 unspecified atom stereocenters. The van der Waals surface area contributed by atoms with E-state index in [2.05, 4.69) is 4.98 Å². The van der Waals surface area contributed by atoms with Gasteiger partial charge in [-0.2, -0.15) is 0 Å². The molecule has 0 saturated carbocycles. The van der Waals surface area contributed by atoms with Gasteiger partial charge in [-0.1, -0.05) is 78.9 Å². The van der Waals surface area contributed by atoms with Crippen molar-refractivity contribution in [3.05, 3.63) is 106 Å². The molecule has 1 N–H and O–H groups in total. The fourth-order valence-electron chi connectivity index (χ4n) is 3.13. The van der Waals surface area contributed by atoms with E-state index in [1.54, 1.807) is 12.2 Å². The Hall–Kier alpha value is -3.66. The number of nitrogens with zero attached hydrogens (tertiary/aromatic N) is 1. The third-order valence-electron chi connectivity index (χ3n) is 4.35. The first-order valence-corrected chi connectivity index (χ1v) is 8.31. The highest BCUT2D eigenvalue weighted by Crippen LogP contribution is 2.37. The molecule has 3 aromatic rings. The van der Waals surface area contributed by atoms with Crippen molar-refractivity contribution < 1.29 is 4.92 Å². The van der Waals surface area contributed by atoms with Crippen LogP contribution < -0.4 is 0 Å². The molecule has 0 aliphatic heterocycles. The van der Waals surface area contributed by atoms with Crippen molar-refractivity contribution in [2.24, 2.45) is 0 Å². The van der Waals surface area contributed by atoms with Crippen LogP contribution in [0.25, 0.3) is 34.7 Å². The Morgan fingerprint density at radius 3 is 1.85 bits per heavy atom. The smallest absolute Gasteiger partial charge is 0.270 e. The molecule has 0 fully saturated rings. The van der Waals surface area contributed by atoms with E-state index in [1.165, 1.54) is 6.08 Å². The highest BCUT2D eigenvalue weighted by Gasteiger charge is 2.20. The average Bonchev–Trinajstić information content (AvgIpc) is 3.00. The number of fused-ring (bicyclic) bond motifs is 1. The van der Waals surface area contributed by atoms with Crippen LogP contribution in [0.4, 0.5) is 0 Å². The zero-order chi connectivity index (χ0) is 17.9. The lowest BCUT2D eigenvalue weighted by atomic mass is 9.99. The van der Waals surface area contributed by atoms with Crippen LogP contribution in [0.1, 0.15) is 11.1 Å². The second-order valence-electron chi connectivity index (χ2n) is 5.98. The van der Waals surface area contributed by atoms with E-state index in [9.17, 15) is 10.1 Å². The zero-order valence-corrected chi connectivity index (χ0v) is 13.9. The summed E-state index contributed by atoms with van der Waals surface area (Å²) in [5.74, 6) is 0. The third-order valence-corrected chi connectivity index (χ3v) is 4.35. The van der Waals surface area contributed by atoms with Crippen LogP contribution in [0, 0.1) is 10.1 Å². The van der Waals surface area contributed by atoms with E-state index in [-0.39, 0.29) is 10.6 Å². The van der Waals surface area contributed by atoms with E-state index in [1.807, 2.05) is 72.8 Å². The van der Waals surface area contributed by atoms with Gasteiger partial charge in [-0.3, -0.25) is 10.1 Å². The maximum Gasteiger partial charge on any atom is 0.270 e. The number of hydrogen-bond acceptors (Lipinski definition) is 2. The molecule has 126 valence electrons. The van der Waals surface area contributed by atoms with Crippen LogP contribution in [-0.2, 0) is 0 Å². The van der Waals surface area contributed by atoms with E-state index >= 15 is 0 Å². The van der Waals surface area contributed by atoms with Crippen molar-refractivity contribution in [1.29, 1.82) is 0 Å². The minimum Gasteiger partial charge on any atom is -0.354 e. The number of aromatic amines is 1. The van der Waals surface area contributed by atoms with Gasteiger partial charge in [0, 0.05) is 23.3 Å². The zero-order valence-electron chi connectivity index (χ0n) is 13.9. The van der Waals surface area contributed by atoms with E-state index in [0.717, 1.165) is 33.6 Å². The van der Waals surface area contributed by atoms with Crippen molar-refractivity contribution in [2.75, 3.05) is 0 Å². The molecule has 26 heavy (non-hydrogen) atoms. The maximum absolute atomic E-state index is 11.4. The fourth-order valence-corrected chi connectivity index (χ4v) is 3.13. The van der Waals surface area contributed by atoms with E-state index in [4.69, 9.17) is 0 Å². The van der Waals surface area contributed by atoms with Crippen molar-refractivity contribution in [3.8, 4) is 22.5 Å². The lowest BCUT2D eigenvalue weighted by molar-refractivity contribution is -0.417. The first-order chi connectivity index (χ1) is 12.7. The molecule has 0 bridgehead atoms. The molecule has 4 nitrogen and oxygen atoms in total. The Kier molecular flexibility index (Phi) is 4.07. The summed E-state index contributed by atoms with van der Waals surface area (Å²) in [6.07, 6.45) is 8.68. The minimum atomic E-state index is -0.358. The van der Waals surface area contributed by atoms with Gasteiger partial charge in [-0.15, -0.1) is 0 Å². The Morgan fingerprint density at radius 2 is 1.27 bits per heavy atom. The van der Waals surface area contributed by atoms with Crippen LogP contribution in [0.15, 0.2) is 84.6 Å². The third kappa shape index (κ3) is 2.89. The first-order valence-electron chi connectivity index (χ1n) is 8.31. The second kappa shape index (κ2) is 6.69. The van der Waals surface area contributed by atoms with Crippen molar-refractivity contribution in [3.63, 3.8) is 0 Å². The molecule has 1 aromatic heterocycles. The summed E-state index contributed by atoms with van der Waals surface area (Å²) < 4.78 is 0. The average molecular weight is 340 g/mol. The van der Waals surface area contributed by atoms with Gasteiger partial charge in [-0.05, 0) is 11.1 Å². The molecule has 4 heteroatoms. The Balaban J connectivity index is 2.02.